The predicted molar refractivity (Wildman–Crippen MR) is 98.7 cm³/mol. The van der Waals surface area contributed by atoms with Gasteiger partial charge in [0.15, 0.2) is 0 Å². The Bertz CT molecular complexity index is 666. The van der Waals surface area contributed by atoms with Gasteiger partial charge in [0.05, 0.1) is 7.11 Å². The van der Waals surface area contributed by atoms with E-state index in [2.05, 4.69) is 39.2 Å². The molecule has 130 valence electrons. The van der Waals surface area contributed by atoms with Crippen molar-refractivity contribution in [3.8, 4) is 5.75 Å². The molecule has 4 rings (SSSR count). The fraction of sp³-hybridized carbons (Fsp3) is 0.667. The minimum Gasteiger partial charge on any atom is -0.497 e. The first-order valence-corrected chi connectivity index (χ1v) is 9.45. The minimum atomic E-state index is 0.329. The van der Waals surface area contributed by atoms with E-state index in [1.165, 1.54) is 49.8 Å². The first-order valence-electron chi connectivity index (χ1n) is 9.45. The smallest absolute Gasteiger partial charge is 0.119 e. The highest BCUT2D eigenvalue weighted by Gasteiger charge is 2.53. The van der Waals surface area contributed by atoms with Gasteiger partial charge >= 0.3 is 0 Å². The van der Waals surface area contributed by atoms with Crippen LogP contribution in [0.3, 0.4) is 0 Å². The maximum Gasteiger partial charge on any atom is 0.119 e. The number of hydrazone groups is 1. The lowest BCUT2D eigenvalue weighted by Gasteiger charge is -2.49. The Kier molecular flexibility index (Phi) is 3.85. The van der Waals surface area contributed by atoms with Crippen molar-refractivity contribution in [2.24, 2.45) is 22.4 Å². The lowest BCUT2D eigenvalue weighted by molar-refractivity contribution is 0.0948. The molecule has 3 aliphatic rings. The van der Waals surface area contributed by atoms with Gasteiger partial charge in [-0.15, -0.1) is 0 Å². The standard InChI is InChI=1S/C21H30N2O/c1-21-12-11-17-16-8-6-15(24-4)13-14(16)5-7-18(17)19(21)9-10-20(21)22-23(2)3/h6,8,13,17-19H,5,7,9-12H2,1-4H3/t17-,18-,19+,21+/m1/s1. The second kappa shape index (κ2) is 5.79. The highest BCUT2D eigenvalue weighted by atomic mass is 16.5. The Hall–Kier alpha value is -1.51. The SMILES string of the molecule is COc1ccc2c(c1)CC[C@@H]1[C@@H]2CC[C@]2(C)C(=NN(C)C)CC[C@@H]12. The summed E-state index contributed by atoms with van der Waals surface area (Å²) < 4.78 is 5.43. The van der Waals surface area contributed by atoms with Crippen molar-refractivity contribution in [3.05, 3.63) is 29.3 Å². The van der Waals surface area contributed by atoms with Crippen LogP contribution < -0.4 is 4.74 Å². The van der Waals surface area contributed by atoms with Crippen LogP contribution in [0.1, 0.15) is 56.1 Å². The van der Waals surface area contributed by atoms with E-state index in [0.29, 0.717) is 5.41 Å². The minimum absolute atomic E-state index is 0.329. The second-order valence-corrected chi connectivity index (χ2v) is 8.37. The van der Waals surface area contributed by atoms with Gasteiger partial charge in [0, 0.05) is 25.2 Å². The summed E-state index contributed by atoms with van der Waals surface area (Å²) in [5.41, 5.74) is 4.91. The first kappa shape index (κ1) is 16.0. The van der Waals surface area contributed by atoms with Crippen molar-refractivity contribution in [2.45, 2.75) is 51.4 Å². The maximum absolute atomic E-state index is 5.43. The van der Waals surface area contributed by atoms with Crippen molar-refractivity contribution < 1.29 is 4.74 Å². The van der Waals surface area contributed by atoms with E-state index in [0.717, 1.165) is 23.5 Å². The fourth-order valence-corrected chi connectivity index (χ4v) is 5.88. The average molecular weight is 326 g/mol. The molecule has 0 heterocycles. The molecular formula is C21H30N2O. The normalized spacial score (nSPS) is 36.0. The van der Waals surface area contributed by atoms with Crippen LogP contribution in [0.4, 0.5) is 0 Å². The van der Waals surface area contributed by atoms with Crippen molar-refractivity contribution in [1.29, 1.82) is 0 Å². The van der Waals surface area contributed by atoms with Gasteiger partial charge in [-0.1, -0.05) is 13.0 Å². The molecule has 0 aliphatic heterocycles. The Morgan fingerprint density at radius 2 is 2.00 bits per heavy atom. The molecule has 3 heteroatoms. The molecule has 2 fully saturated rings. The first-order chi connectivity index (χ1) is 11.5. The molecule has 1 aromatic carbocycles. The molecule has 0 saturated heterocycles. The van der Waals surface area contributed by atoms with Gasteiger partial charge in [-0.05, 0) is 79.5 Å². The lowest BCUT2D eigenvalue weighted by atomic mass is 9.55. The van der Waals surface area contributed by atoms with Gasteiger partial charge in [-0.25, -0.2) is 0 Å². The van der Waals surface area contributed by atoms with E-state index in [4.69, 9.17) is 9.84 Å². The maximum atomic E-state index is 5.43. The Labute approximate surface area is 146 Å². The monoisotopic (exact) mass is 326 g/mol. The van der Waals surface area contributed by atoms with E-state index in [1.54, 1.807) is 12.7 Å². The molecule has 2 saturated carbocycles. The molecule has 3 aliphatic carbocycles. The lowest BCUT2D eigenvalue weighted by Crippen LogP contribution is -2.42. The molecule has 0 aromatic heterocycles. The number of hydrogen-bond acceptors (Lipinski definition) is 3. The molecular weight excluding hydrogens is 296 g/mol. The predicted octanol–water partition coefficient (Wildman–Crippen LogP) is 4.47. The van der Waals surface area contributed by atoms with Gasteiger partial charge in [0.1, 0.15) is 5.75 Å². The van der Waals surface area contributed by atoms with Crippen molar-refractivity contribution in [1.82, 2.24) is 5.01 Å². The molecule has 0 unspecified atom stereocenters. The summed E-state index contributed by atoms with van der Waals surface area (Å²) in [4.78, 5) is 0. The molecule has 0 spiro atoms. The molecule has 0 N–H and O–H groups in total. The largest absolute Gasteiger partial charge is 0.497 e. The number of nitrogens with zero attached hydrogens (tertiary/aromatic N) is 2. The van der Waals surface area contributed by atoms with Crippen molar-refractivity contribution in [2.75, 3.05) is 21.2 Å². The number of aryl methyl sites for hydroxylation is 1. The number of fused-ring (bicyclic) bond motifs is 5. The zero-order valence-electron chi connectivity index (χ0n) is 15.5. The van der Waals surface area contributed by atoms with Gasteiger partial charge in [-0.3, -0.25) is 0 Å². The quantitative estimate of drug-likeness (QED) is 0.749. The third-order valence-corrected chi connectivity index (χ3v) is 7.00. The van der Waals surface area contributed by atoms with Gasteiger partial charge in [-0.2, -0.15) is 5.10 Å². The summed E-state index contributed by atoms with van der Waals surface area (Å²) in [5, 5.41) is 6.87. The van der Waals surface area contributed by atoms with Crippen LogP contribution >= 0.6 is 0 Å². The molecule has 1 aromatic rings. The number of rotatable bonds is 2. The van der Waals surface area contributed by atoms with Gasteiger partial charge < -0.3 is 9.75 Å². The summed E-state index contributed by atoms with van der Waals surface area (Å²) in [5.74, 6) is 3.40. The number of ether oxygens (including phenoxy) is 1. The topological polar surface area (TPSA) is 24.8 Å². The van der Waals surface area contributed by atoms with Crippen LogP contribution in [0.5, 0.6) is 5.75 Å². The molecule has 24 heavy (non-hydrogen) atoms. The summed E-state index contributed by atoms with van der Waals surface area (Å²) in [6.45, 7) is 2.49. The van der Waals surface area contributed by atoms with E-state index < -0.39 is 0 Å². The van der Waals surface area contributed by atoms with Crippen LogP contribution in [0.2, 0.25) is 0 Å². The zero-order valence-corrected chi connectivity index (χ0v) is 15.5. The van der Waals surface area contributed by atoms with E-state index in [-0.39, 0.29) is 0 Å². The number of hydrogen-bond donors (Lipinski definition) is 0. The third-order valence-electron chi connectivity index (χ3n) is 7.00. The van der Waals surface area contributed by atoms with Crippen LogP contribution in [-0.4, -0.2) is 31.9 Å². The van der Waals surface area contributed by atoms with Crippen molar-refractivity contribution in [3.63, 3.8) is 0 Å². The molecule has 4 atom stereocenters. The summed E-state index contributed by atoms with van der Waals surface area (Å²) >= 11 is 0. The van der Waals surface area contributed by atoms with Gasteiger partial charge in [0.2, 0.25) is 0 Å². The number of benzene rings is 1. The van der Waals surface area contributed by atoms with Crippen LogP contribution in [-0.2, 0) is 6.42 Å². The summed E-state index contributed by atoms with van der Waals surface area (Å²) in [6, 6.07) is 6.77. The summed E-state index contributed by atoms with van der Waals surface area (Å²) in [6.07, 6.45) is 7.66. The fourth-order valence-electron chi connectivity index (χ4n) is 5.88. The molecule has 0 amide bonds. The average Bonchev–Trinajstić information content (AvgIpc) is 2.90. The van der Waals surface area contributed by atoms with E-state index >= 15 is 0 Å². The van der Waals surface area contributed by atoms with E-state index in [1.807, 2.05) is 5.01 Å². The zero-order chi connectivity index (χ0) is 16.9. The van der Waals surface area contributed by atoms with Crippen LogP contribution in [0.15, 0.2) is 23.3 Å². The highest BCUT2D eigenvalue weighted by Crippen LogP contribution is 2.60. The van der Waals surface area contributed by atoms with Gasteiger partial charge in [0.25, 0.3) is 0 Å². The van der Waals surface area contributed by atoms with Crippen LogP contribution in [0.25, 0.3) is 0 Å². The highest BCUT2D eigenvalue weighted by molar-refractivity contribution is 5.92. The second-order valence-electron chi connectivity index (χ2n) is 8.37. The molecule has 3 nitrogen and oxygen atoms in total. The molecule has 0 radical (unpaired) electrons. The Balaban J connectivity index is 1.65. The van der Waals surface area contributed by atoms with Crippen molar-refractivity contribution >= 4 is 5.71 Å². The summed E-state index contributed by atoms with van der Waals surface area (Å²) in [7, 11) is 5.88. The number of methoxy groups -OCH3 is 1. The Morgan fingerprint density at radius 1 is 1.17 bits per heavy atom. The van der Waals surface area contributed by atoms with Crippen LogP contribution in [0, 0.1) is 17.3 Å². The molecule has 0 bridgehead atoms. The third kappa shape index (κ3) is 2.35. The Morgan fingerprint density at radius 3 is 2.75 bits per heavy atom. The van der Waals surface area contributed by atoms with E-state index in [9.17, 15) is 0 Å².